The molecule has 0 aromatic heterocycles. The minimum atomic E-state index is -0.0758. The molecule has 1 N–H and O–H groups in total. The second kappa shape index (κ2) is 11.5. The second-order valence-electron chi connectivity index (χ2n) is 7.61. The molecule has 1 aliphatic rings. The Labute approximate surface area is 160 Å². The van der Waals surface area contributed by atoms with E-state index in [0.29, 0.717) is 5.92 Å². The highest BCUT2D eigenvalue weighted by Gasteiger charge is 2.15. The van der Waals surface area contributed by atoms with Crippen LogP contribution in [0.3, 0.4) is 0 Å². The number of piperidine rings is 1. The van der Waals surface area contributed by atoms with Crippen LogP contribution in [0.25, 0.3) is 0 Å². The van der Waals surface area contributed by atoms with Crippen LogP contribution < -0.4 is 5.32 Å². The maximum atomic E-state index is 12.3. The predicted octanol–water partition coefficient (Wildman–Crippen LogP) is 4.40. The van der Waals surface area contributed by atoms with Gasteiger partial charge in [0.05, 0.1) is 5.92 Å². The van der Waals surface area contributed by atoms with E-state index in [0.717, 1.165) is 31.5 Å². The van der Waals surface area contributed by atoms with Gasteiger partial charge < -0.3 is 10.2 Å². The zero-order chi connectivity index (χ0) is 17.4. The number of carbonyl (C=O) groups is 1. The van der Waals surface area contributed by atoms with E-state index in [2.05, 4.69) is 48.3 Å². The summed E-state index contributed by atoms with van der Waals surface area (Å²) in [4.78, 5) is 14.9. The van der Waals surface area contributed by atoms with Gasteiger partial charge in [0.25, 0.3) is 0 Å². The number of nitrogens with one attached hydrogen (secondary N) is 1. The molecule has 0 radical (unpaired) electrons. The van der Waals surface area contributed by atoms with E-state index in [1.165, 1.54) is 37.9 Å². The number of halogens is 1. The van der Waals surface area contributed by atoms with Crippen molar-refractivity contribution in [3.05, 3.63) is 35.4 Å². The van der Waals surface area contributed by atoms with Crippen molar-refractivity contribution in [1.29, 1.82) is 0 Å². The van der Waals surface area contributed by atoms with E-state index in [1.807, 2.05) is 6.92 Å². The molecular formula is C21H35ClN2O. The molecule has 1 heterocycles. The lowest BCUT2D eigenvalue weighted by Gasteiger charge is -2.26. The van der Waals surface area contributed by atoms with Gasteiger partial charge in [-0.15, -0.1) is 12.4 Å². The average Bonchev–Trinajstić information content (AvgIpc) is 2.59. The molecule has 1 aromatic carbocycles. The van der Waals surface area contributed by atoms with Gasteiger partial charge in [0.15, 0.2) is 0 Å². The molecule has 0 aliphatic carbocycles. The fraction of sp³-hybridized carbons (Fsp3) is 0.667. The summed E-state index contributed by atoms with van der Waals surface area (Å²) in [5.41, 5.74) is 2.46. The molecule has 1 saturated heterocycles. The minimum Gasteiger partial charge on any atom is -0.356 e. The number of hydrogen-bond donors (Lipinski definition) is 1. The lowest BCUT2D eigenvalue weighted by molar-refractivity contribution is -0.122. The number of hydrogen-bond acceptors (Lipinski definition) is 2. The Morgan fingerprint density at radius 1 is 1.08 bits per heavy atom. The molecule has 1 amide bonds. The average molecular weight is 367 g/mol. The van der Waals surface area contributed by atoms with Gasteiger partial charge in [0.1, 0.15) is 0 Å². The van der Waals surface area contributed by atoms with Crippen molar-refractivity contribution in [2.75, 3.05) is 26.2 Å². The minimum absolute atomic E-state index is 0. The zero-order valence-corrected chi connectivity index (χ0v) is 16.9. The standard InChI is InChI=1S/C21H34N2O.ClH/c1-17(2)16-19-8-10-20(11-9-19)18(3)21(24)22-12-7-15-23-13-5-4-6-14-23;/h8-11,17-18H,4-7,12-16H2,1-3H3,(H,22,24);1H. The largest absolute Gasteiger partial charge is 0.356 e. The van der Waals surface area contributed by atoms with Crippen molar-refractivity contribution in [1.82, 2.24) is 10.2 Å². The van der Waals surface area contributed by atoms with Crippen molar-refractivity contribution in [2.24, 2.45) is 5.92 Å². The Morgan fingerprint density at radius 2 is 1.72 bits per heavy atom. The Morgan fingerprint density at radius 3 is 2.32 bits per heavy atom. The van der Waals surface area contributed by atoms with Crippen LogP contribution in [-0.4, -0.2) is 37.0 Å². The highest BCUT2D eigenvalue weighted by molar-refractivity contribution is 5.85. The smallest absolute Gasteiger partial charge is 0.227 e. The van der Waals surface area contributed by atoms with Gasteiger partial charge in [-0.05, 0) is 69.3 Å². The van der Waals surface area contributed by atoms with Gasteiger partial charge in [-0.25, -0.2) is 0 Å². The fourth-order valence-corrected chi connectivity index (χ4v) is 3.42. The number of amides is 1. The molecule has 0 bridgehead atoms. The van der Waals surface area contributed by atoms with Crippen LogP contribution in [0.4, 0.5) is 0 Å². The number of benzene rings is 1. The number of likely N-dealkylation sites (tertiary alicyclic amines) is 1. The number of nitrogens with zero attached hydrogens (tertiary/aromatic N) is 1. The lowest BCUT2D eigenvalue weighted by Crippen LogP contribution is -2.34. The first-order valence-corrected chi connectivity index (χ1v) is 9.65. The van der Waals surface area contributed by atoms with Crippen molar-refractivity contribution in [2.45, 2.75) is 58.8 Å². The maximum absolute atomic E-state index is 12.3. The molecule has 1 unspecified atom stereocenters. The summed E-state index contributed by atoms with van der Waals surface area (Å²) >= 11 is 0. The van der Waals surface area contributed by atoms with Crippen LogP contribution in [0.5, 0.6) is 0 Å². The third-order valence-electron chi connectivity index (χ3n) is 4.92. The number of carbonyl (C=O) groups excluding carboxylic acids is 1. The summed E-state index contributed by atoms with van der Waals surface area (Å²) in [5, 5.41) is 3.10. The van der Waals surface area contributed by atoms with Crippen molar-refractivity contribution in [3.63, 3.8) is 0 Å². The molecule has 1 fully saturated rings. The van der Waals surface area contributed by atoms with E-state index in [9.17, 15) is 4.79 Å². The molecule has 3 nitrogen and oxygen atoms in total. The summed E-state index contributed by atoms with van der Waals surface area (Å²) in [7, 11) is 0. The summed E-state index contributed by atoms with van der Waals surface area (Å²) in [5.74, 6) is 0.731. The van der Waals surface area contributed by atoms with Gasteiger partial charge in [-0.2, -0.15) is 0 Å². The normalized spacial score (nSPS) is 16.3. The summed E-state index contributed by atoms with van der Waals surface area (Å²) in [6.07, 6.45) is 6.18. The van der Waals surface area contributed by atoms with E-state index in [1.54, 1.807) is 0 Å². The third kappa shape index (κ3) is 7.79. The quantitative estimate of drug-likeness (QED) is 0.691. The van der Waals surface area contributed by atoms with Crippen molar-refractivity contribution < 1.29 is 4.79 Å². The first kappa shape index (κ1) is 22.0. The summed E-state index contributed by atoms with van der Waals surface area (Å²) < 4.78 is 0. The van der Waals surface area contributed by atoms with Gasteiger partial charge in [-0.1, -0.05) is 44.5 Å². The Bertz CT molecular complexity index is 495. The van der Waals surface area contributed by atoms with Crippen LogP contribution in [0.2, 0.25) is 0 Å². The molecule has 142 valence electrons. The van der Waals surface area contributed by atoms with Crippen LogP contribution in [0.1, 0.15) is 63.5 Å². The monoisotopic (exact) mass is 366 g/mol. The lowest BCUT2D eigenvalue weighted by atomic mass is 9.96. The topological polar surface area (TPSA) is 32.3 Å². The highest BCUT2D eigenvalue weighted by Crippen LogP contribution is 2.17. The van der Waals surface area contributed by atoms with Crippen LogP contribution in [0.15, 0.2) is 24.3 Å². The third-order valence-corrected chi connectivity index (χ3v) is 4.92. The van der Waals surface area contributed by atoms with Crippen LogP contribution >= 0.6 is 12.4 Å². The maximum Gasteiger partial charge on any atom is 0.227 e. The van der Waals surface area contributed by atoms with E-state index in [4.69, 9.17) is 0 Å². The van der Waals surface area contributed by atoms with Crippen molar-refractivity contribution >= 4 is 18.3 Å². The number of rotatable bonds is 8. The summed E-state index contributed by atoms with van der Waals surface area (Å²) in [6, 6.07) is 8.54. The molecule has 4 heteroatoms. The van der Waals surface area contributed by atoms with E-state index >= 15 is 0 Å². The zero-order valence-electron chi connectivity index (χ0n) is 16.1. The van der Waals surface area contributed by atoms with Gasteiger partial charge in [-0.3, -0.25) is 4.79 Å². The van der Waals surface area contributed by atoms with Crippen LogP contribution in [-0.2, 0) is 11.2 Å². The Hall–Kier alpha value is -1.06. The van der Waals surface area contributed by atoms with E-state index in [-0.39, 0.29) is 24.2 Å². The predicted molar refractivity (Wildman–Crippen MR) is 109 cm³/mol. The van der Waals surface area contributed by atoms with Gasteiger partial charge in [0.2, 0.25) is 5.91 Å². The Kier molecular flexibility index (Phi) is 10.1. The molecule has 1 atom stereocenters. The molecule has 1 aromatic rings. The molecular weight excluding hydrogens is 332 g/mol. The van der Waals surface area contributed by atoms with Gasteiger partial charge in [0, 0.05) is 6.54 Å². The molecule has 0 saturated carbocycles. The first-order chi connectivity index (χ1) is 11.6. The molecule has 2 rings (SSSR count). The Balaban J connectivity index is 0.00000312. The second-order valence-corrected chi connectivity index (χ2v) is 7.61. The SMILES string of the molecule is CC(C)Cc1ccc(C(C)C(=O)NCCCN2CCCCC2)cc1.Cl. The summed E-state index contributed by atoms with van der Waals surface area (Å²) in [6.45, 7) is 10.8. The highest BCUT2D eigenvalue weighted by atomic mass is 35.5. The molecule has 1 aliphatic heterocycles. The fourth-order valence-electron chi connectivity index (χ4n) is 3.42. The van der Waals surface area contributed by atoms with E-state index < -0.39 is 0 Å². The first-order valence-electron chi connectivity index (χ1n) is 9.65. The van der Waals surface area contributed by atoms with Crippen LogP contribution in [0, 0.1) is 5.92 Å². The molecule has 0 spiro atoms. The molecule has 25 heavy (non-hydrogen) atoms. The van der Waals surface area contributed by atoms with Crippen molar-refractivity contribution in [3.8, 4) is 0 Å². The van der Waals surface area contributed by atoms with Gasteiger partial charge >= 0.3 is 0 Å².